The number of carbonyl (C=O) groups is 1. The Balaban J connectivity index is 1.95. The molecule has 1 heterocycles. The molecule has 0 atom stereocenters. The van der Waals surface area contributed by atoms with E-state index >= 15 is 0 Å². The summed E-state index contributed by atoms with van der Waals surface area (Å²) in [5.41, 5.74) is 3.80. The summed E-state index contributed by atoms with van der Waals surface area (Å²) >= 11 is 0. The van der Waals surface area contributed by atoms with Crippen molar-refractivity contribution in [2.75, 3.05) is 5.32 Å². The molecule has 1 aromatic heterocycles. The van der Waals surface area contributed by atoms with Crippen LogP contribution in [-0.2, 0) is 10.0 Å². The average Bonchev–Trinajstić information content (AvgIpc) is 3.00. The molecule has 0 saturated heterocycles. The fourth-order valence-electron chi connectivity index (χ4n) is 2.77. The number of carbonyl (C=O) groups excluding carboxylic acids is 1. The van der Waals surface area contributed by atoms with Crippen LogP contribution in [0.3, 0.4) is 0 Å². The van der Waals surface area contributed by atoms with Crippen LogP contribution in [0.4, 0.5) is 5.69 Å². The molecule has 8 heteroatoms. The zero-order valence-corrected chi connectivity index (χ0v) is 16.0. The summed E-state index contributed by atoms with van der Waals surface area (Å²) < 4.78 is 25.0. The molecule has 1 amide bonds. The van der Waals surface area contributed by atoms with Gasteiger partial charge in [0.2, 0.25) is 10.0 Å². The maximum Gasteiger partial charge on any atom is 0.259 e. The Labute approximate surface area is 157 Å². The van der Waals surface area contributed by atoms with Gasteiger partial charge in [-0.3, -0.25) is 4.79 Å². The van der Waals surface area contributed by atoms with Gasteiger partial charge in [0.1, 0.15) is 0 Å². The SMILES string of the molecule is Cc1cc(S(N)(=O)=O)cc(NC(=O)c2cnn(-c3ccccc3)c2C)c1C. The van der Waals surface area contributed by atoms with Gasteiger partial charge in [-0.15, -0.1) is 0 Å². The minimum absolute atomic E-state index is 0.0439. The lowest BCUT2D eigenvalue weighted by molar-refractivity contribution is 0.102. The van der Waals surface area contributed by atoms with Crippen LogP contribution in [0.5, 0.6) is 0 Å². The zero-order valence-electron chi connectivity index (χ0n) is 15.2. The van der Waals surface area contributed by atoms with E-state index in [0.717, 1.165) is 11.3 Å². The molecule has 0 spiro atoms. The highest BCUT2D eigenvalue weighted by molar-refractivity contribution is 7.89. The van der Waals surface area contributed by atoms with Gasteiger partial charge in [0.15, 0.2) is 0 Å². The Morgan fingerprint density at radius 3 is 2.41 bits per heavy atom. The monoisotopic (exact) mass is 384 g/mol. The average molecular weight is 384 g/mol. The van der Waals surface area contributed by atoms with Gasteiger partial charge < -0.3 is 5.32 Å². The number of rotatable bonds is 4. The predicted molar refractivity (Wildman–Crippen MR) is 104 cm³/mol. The summed E-state index contributed by atoms with van der Waals surface area (Å²) in [5, 5.41) is 12.3. The number of nitrogens with zero attached hydrogens (tertiary/aromatic N) is 2. The fourth-order valence-corrected chi connectivity index (χ4v) is 3.40. The first-order valence-corrected chi connectivity index (χ1v) is 9.78. The molecule has 3 rings (SSSR count). The largest absolute Gasteiger partial charge is 0.322 e. The molecule has 0 bridgehead atoms. The number of hydrogen-bond acceptors (Lipinski definition) is 4. The number of nitrogens with two attached hydrogens (primary N) is 1. The van der Waals surface area contributed by atoms with Crippen molar-refractivity contribution in [3.63, 3.8) is 0 Å². The van der Waals surface area contributed by atoms with Crippen LogP contribution in [0.2, 0.25) is 0 Å². The van der Waals surface area contributed by atoms with Gasteiger partial charge in [-0.05, 0) is 56.2 Å². The number of para-hydroxylation sites is 1. The van der Waals surface area contributed by atoms with Crippen molar-refractivity contribution >= 4 is 21.6 Å². The molecule has 0 aliphatic rings. The summed E-state index contributed by atoms with van der Waals surface area (Å²) in [6.07, 6.45) is 1.49. The molecule has 3 N–H and O–H groups in total. The molecule has 3 aromatic rings. The number of aryl methyl sites for hydroxylation is 1. The zero-order chi connectivity index (χ0) is 19.8. The van der Waals surface area contributed by atoms with Gasteiger partial charge in [0.05, 0.1) is 28.0 Å². The van der Waals surface area contributed by atoms with Crippen LogP contribution in [0.15, 0.2) is 53.6 Å². The molecule has 140 valence electrons. The molecule has 2 aromatic carbocycles. The van der Waals surface area contributed by atoms with Gasteiger partial charge in [0.25, 0.3) is 5.91 Å². The second-order valence-corrected chi connectivity index (χ2v) is 7.86. The molecule has 0 aliphatic carbocycles. The summed E-state index contributed by atoms with van der Waals surface area (Å²) in [6, 6.07) is 12.3. The molecule has 7 nitrogen and oxygen atoms in total. The maximum atomic E-state index is 12.8. The number of sulfonamides is 1. The van der Waals surface area contributed by atoms with E-state index in [-0.39, 0.29) is 10.8 Å². The smallest absolute Gasteiger partial charge is 0.259 e. The lowest BCUT2D eigenvalue weighted by Gasteiger charge is -2.13. The van der Waals surface area contributed by atoms with E-state index in [0.29, 0.717) is 22.5 Å². The molecule has 0 radical (unpaired) electrons. The Kier molecular flexibility index (Phi) is 4.86. The van der Waals surface area contributed by atoms with E-state index in [9.17, 15) is 13.2 Å². The van der Waals surface area contributed by atoms with E-state index in [1.165, 1.54) is 18.3 Å². The highest BCUT2D eigenvalue weighted by atomic mass is 32.2. The minimum Gasteiger partial charge on any atom is -0.322 e. The molecular weight excluding hydrogens is 364 g/mol. The molecule has 27 heavy (non-hydrogen) atoms. The van der Waals surface area contributed by atoms with Crippen LogP contribution in [-0.4, -0.2) is 24.1 Å². The van der Waals surface area contributed by atoms with Gasteiger partial charge >= 0.3 is 0 Å². The van der Waals surface area contributed by atoms with Crippen LogP contribution in [0.25, 0.3) is 5.69 Å². The van der Waals surface area contributed by atoms with Gasteiger partial charge in [-0.1, -0.05) is 18.2 Å². The summed E-state index contributed by atoms with van der Waals surface area (Å²) in [4.78, 5) is 12.7. The number of amides is 1. The third-order valence-corrected chi connectivity index (χ3v) is 5.37. The maximum absolute atomic E-state index is 12.8. The van der Waals surface area contributed by atoms with Crippen molar-refractivity contribution in [2.24, 2.45) is 5.14 Å². The number of hydrogen-bond donors (Lipinski definition) is 2. The van der Waals surface area contributed by atoms with Crippen LogP contribution >= 0.6 is 0 Å². The third kappa shape index (κ3) is 3.76. The van der Waals surface area contributed by atoms with Crippen molar-refractivity contribution in [3.05, 3.63) is 71.0 Å². The van der Waals surface area contributed by atoms with Gasteiger partial charge in [-0.2, -0.15) is 5.10 Å². The summed E-state index contributed by atoms with van der Waals surface area (Å²) in [7, 11) is -3.87. The topological polar surface area (TPSA) is 107 Å². The highest BCUT2D eigenvalue weighted by Crippen LogP contribution is 2.24. The molecule has 0 saturated carbocycles. The standard InChI is InChI=1S/C19H20N4O3S/c1-12-9-16(27(20,25)26)10-18(13(12)2)22-19(24)17-11-21-23(14(17)3)15-7-5-4-6-8-15/h4-11H,1-3H3,(H,22,24)(H2,20,25,26). The van der Waals surface area contributed by atoms with Crippen LogP contribution in [0, 0.1) is 20.8 Å². The predicted octanol–water partition coefficient (Wildman–Crippen LogP) is 2.70. The Hall–Kier alpha value is -2.97. The molecule has 0 unspecified atom stereocenters. The van der Waals surface area contributed by atoms with Crippen molar-refractivity contribution in [2.45, 2.75) is 25.7 Å². The van der Waals surface area contributed by atoms with E-state index < -0.39 is 10.0 Å². The Morgan fingerprint density at radius 1 is 1.11 bits per heavy atom. The first-order chi connectivity index (χ1) is 12.7. The molecular formula is C19H20N4O3S. The van der Waals surface area contributed by atoms with Crippen LogP contribution in [0.1, 0.15) is 27.2 Å². The van der Waals surface area contributed by atoms with E-state index in [4.69, 9.17) is 5.14 Å². The van der Waals surface area contributed by atoms with E-state index in [2.05, 4.69) is 10.4 Å². The lowest BCUT2D eigenvalue weighted by Crippen LogP contribution is -2.17. The second kappa shape index (κ2) is 6.98. The quantitative estimate of drug-likeness (QED) is 0.721. The number of nitrogens with one attached hydrogen (secondary N) is 1. The fraction of sp³-hybridized carbons (Fsp3) is 0.158. The Morgan fingerprint density at radius 2 is 1.78 bits per heavy atom. The van der Waals surface area contributed by atoms with Crippen molar-refractivity contribution in [1.29, 1.82) is 0 Å². The van der Waals surface area contributed by atoms with Crippen molar-refractivity contribution in [3.8, 4) is 5.69 Å². The first-order valence-electron chi connectivity index (χ1n) is 8.24. The highest BCUT2D eigenvalue weighted by Gasteiger charge is 2.18. The van der Waals surface area contributed by atoms with Crippen molar-refractivity contribution in [1.82, 2.24) is 9.78 Å². The van der Waals surface area contributed by atoms with Crippen molar-refractivity contribution < 1.29 is 13.2 Å². The van der Waals surface area contributed by atoms with E-state index in [1.54, 1.807) is 25.5 Å². The molecule has 0 fully saturated rings. The first kappa shape index (κ1) is 18.8. The second-order valence-electron chi connectivity index (χ2n) is 6.30. The summed E-state index contributed by atoms with van der Waals surface area (Å²) in [5.74, 6) is -0.372. The third-order valence-electron chi connectivity index (χ3n) is 4.47. The van der Waals surface area contributed by atoms with Gasteiger partial charge in [-0.25, -0.2) is 18.2 Å². The normalized spacial score (nSPS) is 11.4. The number of benzene rings is 2. The number of aromatic nitrogens is 2. The number of primary sulfonamides is 1. The van der Waals surface area contributed by atoms with Crippen LogP contribution < -0.4 is 10.5 Å². The minimum atomic E-state index is -3.87. The van der Waals surface area contributed by atoms with Gasteiger partial charge in [0, 0.05) is 5.69 Å². The number of anilines is 1. The van der Waals surface area contributed by atoms with E-state index in [1.807, 2.05) is 30.3 Å². The molecule has 0 aliphatic heterocycles. The lowest BCUT2D eigenvalue weighted by atomic mass is 10.1. The Bertz CT molecular complexity index is 1120. The summed E-state index contributed by atoms with van der Waals surface area (Å²) in [6.45, 7) is 5.37.